The summed E-state index contributed by atoms with van der Waals surface area (Å²) in [5.74, 6) is 0. The number of hydrogen-bond donors (Lipinski definition) is 0. The van der Waals surface area contributed by atoms with Gasteiger partial charge in [-0.2, -0.15) is 0 Å². The highest BCUT2D eigenvalue weighted by molar-refractivity contribution is 5.83. The summed E-state index contributed by atoms with van der Waals surface area (Å²) in [6.07, 6.45) is 55.1. The molecular weight excluding hydrogens is 821 g/mol. The molecule has 0 N–H and O–H groups in total. The van der Waals surface area contributed by atoms with E-state index in [1.807, 2.05) is 0 Å². The first-order valence-electron chi connectivity index (χ1n) is 30.6. The Bertz CT molecular complexity index is 1650. The van der Waals surface area contributed by atoms with E-state index in [-0.39, 0.29) is 0 Å². The quantitative estimate of drug-likeness (QED) is 0.0467. The average Bonchev–Trinajstić information content (AvgIpc) is 3.62. The second-order valence-corrected chi connectivity index (χ2v) is 21.9. The van der Waals surface area contributed by atoms with Crippen molar-refractivity contribution in [2.45, 2.75) is 325 Å². The standard InChI is InChI=1S/C66H112N2/c1-9-15-21-23-25-26-27-28-29-30-31-32-33-34-35-36-37-38-39-40-42-44-50-64-63(49-43-41-24-22-16-10-2)65(61-51-57(45-17-11-3)55(7)58(52-61)46-18-12-4)68(67)66(64)62-53-59(47-19-13-5)56(8)60(54-62)48-20-14-6/h51-54H,9-50H2,1-8H3. The summed E-state index contributed by atoms with van der Waals surface area (Å²) in [6, 6.07) is 9.98. The fourth-order valence-corrected chi connectivity index (χ4v) is 11.2. The molecule has 0 radical (unpaired) electrons. The normalized spacial score (nSPS) is 13.0. The number of rotatable bonds is 44. The van der Waals surface area contributed by atoms with Crippen molar-refractivity contribution in [1.82, 2.24) is 0 Å². The van der Waals surface area contributed by atoms with Crippen molar-refractivity contribution in [3.8, 4) is 0 Å². The molecule has 2 nitrogen and oxygen atoms in total. The van der Waals surface area contributed by atoms with Crippen LogP contribution >= 0.6 is 0 Å². The van der Waals surface area contributed by atoms with Crippen molar-refractivity contribution in [3.63, 3.8) is 0 Å². The van der Waals surface area contributed by atoms with Crippen molar-refractivity contribution in [2.24, 2.45) is 0 Å². The third-order valence-electron chi connectivity index (χ3n) is 15.9. The van der Waals surface area contributed by atoms with Crippen molar-refractivity contribution in [2.75, 3.05) is 0 Å². The number of unbranched alkanes of at least 4 members (excludes halogenated alkanes) is 30. The van der Waals surface area contributed by atoms with Gasteiger partial charge in [0, 0.05) is 22.3 Å². The number of benzene rings is 2. The SMILES string of the molecule is CCCCCCCCCCCCCCCCCCCCCCCCC1=C(c2cc(CCCC)c(C)c(CCCC)c2)[N+](=[N-])C(c2cc(CCCC)c(C)c(CCCC)c2)=C1CCCCCCCC. The maximum absolute atomic E-state index is 13.0. The second kappa shape index (κ2) is 38.2. The maximum Gasteiger partial charge on any atom is 0.211 e. The first-order chi connectivity index (χ1) is 33.4. The zero-order valence-electron chi connectivity index (χ0n) is 46.9. The van der Waals surface area contributed by atoms with Crippen LogP contribution in [0.3, 0.4) is 0 Å². The fraction of sp³-hybridized carbons (Fsp3) is 0.758. The summed E-state index contributed by atoms with van der Waals surface area (Å²) in [5, 5.41) is 0. The smallest absolute Gasteiger partial charge is 0.211 e. The van der Waals surface area contributed by atoms with Gasteiger partial charge in [0.25, 0.3) is 0 Å². The van der Waals surface area contributed by atoms with Crippen LogP contribution in [0.25, 0.3) is 16.9 Å². The Morgan fingerprint density at radius 2 is 0.485 bits per heavy atom. The molecule has 1 aliphatic rings. The molecule has 0 aliphatic carbocycles. The number of hydrogen-bond acceptors (Lipinski definition) is 0. The van der Waals surface area contributed by atoms with Crippen molar-refractivity contribution in [1.29, 1.82) is 0 Å². The highest BCUT2D eigenvalue weighted by atomic mass is 15.2. The molecule has 2 heteroatoms. The lowest BCUT2D eigenvalue weighted by molar-refractivity contribution is -0.345. The second-order valence-electron chi connectivity index (χ2n) is 21.9. The lowest BCUT2D eigenvalue weighted by atomic mass is 9.87. The minimum atomic E-state index is 1.05. The molecule has 1 heterocycles. The van der Waals surface area contributed by atoms with Gasteiger partial charge in [0.15, 0.2) is 0 Å². The van der Waals surface area contributed by atoms with Crippen LogP contribution in [0, 0.1) is 13.8 Å². The van der Waals surface area contributed by atoms with Gasteiger partial charge in [0.2, 0.25) is 11.4 Å². The van der Waals surface area contributed by atoms with Gasteiger partial charge in [-0.05, 0) is 149 Å². The Kier molecular flexibility index (Phi) is 33.6. The topological polar surface area (TPSA) is 25.3 Å². The first-order valence-corrected chi connectivity index (χ1v) is 30.6. The molecule has 0 amide bonds. The molecule has 0 saturated heterocycles. The highest BCUT2D eigenvalue weighted by Crippen LogP contribution is 2.46. The minimum absolute atomic E-state index is 1.05. The van der Waals surface area contributed by atoms with Crippen molar-refractivity contribution in [3.05, 3.63) is 85.5 Å². The molecular formula is C66H112N2. The first kappa shape index (κ1) is 59.8. The molecule has 68 heavy (non-hydrogen) atoms. The molecule has 2 aromatic carbocycles. The zero-order valence-corrected chi connectivity index (χ0v) is 46.9. The summed E-state index contributed by atoms with van der Waals surface area (Å²) < 4.78 is 1.73. The van der Waals surface area contributed by atoms with E-state index < -0.39 is 0 Å². The van der Waals surface area contributed by atoms with E-state index in [1.165, 1.54) is 287 Å². The van der Waals surface area contributed by atoms with Crippen LogP contribution in [0.4, 0.5) is 0 Å². The lowest BCUT2D eigenvalue weighted by Crippen LogP contribution is -2.07. The van der Waals surface area contributed by atoms with E-state index in [2.05, 4.69) is 79.7 Å². The summed E-state index contributed by atoms with van der Waals surface area (Å²) in [7, 11) is 0. The summed E-state index contributed by atoms with van der Waals surface area (Å²) in [4.78, 5) is 0. The molecule has 0 saturated carbocycles. The molecule has 0 aromatic heterocycles. The van der Waals surface area contributed by atoms with E-state index in [0.29, 0.717) is 0 Å². The van der Waals surface area contributed by atoms with Gasteiger partial charge in [-0.1, -0.05) is 234 Å². The van der Waals surface area contributed by atoms with Crippen molar-refractivity contribution >= 4 is 11.4 Å². The number of allylic oxidation sites excluding steroid dienone is 2. The molecule has 0 bridgehead atoms. The zero-order chi connectivity index (χ0) is 49.0. The Morgan fingerprint density at radius 1 is 0.279 bits per heavy atom. The highest BCUT2D eigenvalue weighted by Gasteiger charge is 2.36. The molecule has 0 atom stereocenters. The Hall–Kier alpha value is -2.48. The number of nitrogens with zero attached hydrogens (tertiary/aromatic N) is 2. The van der Waals surface area contributed by atoms with Gasteiger partial charge < -0.3 is 5.53 Å². The van der Waals surface area contributed by atoms with Gasteiger partial charge in [-0.3, -0.25) is 0 Å². The number of aryl methyl sites for hydroxylation is 4. The predicted molar refractivity (Wildman–Crippen MR) is 304 cm³/mol. The largest absolute Gasteiger partial charge is 0.493 e. The fourth-order valence-electron chi connectivity index (χ4n) is 11.2. The van der Waals surface area contributed by atoms with Gasteiger partial charge in [-0.25, -0.2) is 4.70 Å². The lowest BCUT2D eigenvalue weighted by Gasteiger charge is -2.18. The van der Waals surface area contributed by atoms with E-state index in [9.17, 15) is 5.53 Å². The van der Waals surface area contributed by atoms with E-state index in [4.69, 9.17) is 0 Å². The van der Waals surface area contributed by atoms with E-state index >= 15 is 0 Å². The monoisotopic (exact) mass is 933 g/mol. The molecule has 0 spiro atoms. The summed E-state index contributed by atoms with van der Waals surface area (Å²) in [5.41, 5.74) is 29.5. The van der Waals surface area contributed by atoms with E-state index in [1.54, 1.807) is 4.70 Å². The predicted octanol–water partition coefficient (Wildman–Crippen LogP) is 22.6. The Labute approximate surface area is 424 Å². The average molecular weight is 934 g/mol. The van der Waals surface area contributed by atoms with Gasteiger partial charge in [0.05, 0.1) is 0 Å². The summed E-state index contributed by atoms with van der Waals surface area (Å²) in [6.45, 7) is 18.7. The van der Waals surface area contributed by atoms with Crippen LogP contribution < -0.4 is 0 Å². The molecule has 2 aromatic rings. The van der Waals surface area contributed by atoms with Gasteiger partial charge in [-0.15, -0.1) is 0 Å². The van der Waals surface area contributed by atoms with Crippen LogP contribution in [-0.2, 0) is 25.7 Å². The van der Waals surface area contributed by atoms with E-state index in [0.717, 1.165) is 49.9 Å². The molecule has 1 aliphatic heterocycles. The molecule has 0 unspecified atom stereocenters. The third-order valence-corrected chi connectivity index (χ3v) is 15.9. The maximum atomic E-state index is 13.0. The summed E-state index contributed by atoms with van der Waals surface area (Å²) >= 11 is 0. The van der Waals surface area contributed by atoms with Crippen LogP contribution in [-0.4, -0.2) is 4.70 Å². The molecule has 0 fully saturated rings. The van der Waals surface area contributed by atoms with Gasteiger partial charge in [0.1, 0.15) is 0 Å². The van der Waals surface area contributed by atoms with Crippen LogP contribution in [0.5, 0.6) is 0 Å². The third kappa shape index (κ3) is 22.3. The molecule has 386 valence electrons. The minimum Gasteiger partial charge on any atom is -0.493 e. The van der Waals surface area contributed by atoms with Gasteiger partial charge >= 0.3 is 0 Å². The Balaban J connectivity index is 1.77. The van der Waals surface area contributed by atoms with Crippen LogP contribution in [0.1, 0.15) is 330 Å². The van der Waals surface area contributed by atoms with Crippen LogP contribution in [0.15, 0.2) is 35.4 Å². The Morgan fingerprint density at radius 3 is 0.706 bits per heavy atom. The van der Waals surface area contributed by atoms with Crippen molar-refractivity contribution < 1.29 is 4.70 Å². The van der Waals surface area contributed by atoms with Crippen LogP contribution in [0.2, 0.25) is 0 Å². The molecule has 3 rings (SSSR count).